The first kappa shape index (κ1) is 16.9. The topological polar surface area (TPSA) is 62.5 Å². The second-order valence-corrected chi connectivity index (χ2v) is 7.14. The number of piperazine rings is 1. The van der Waals surface area contributed by atoms with Crippen molar-refractivity contribution >= 4 is 22.4 Å². The minimum atomic E-state index is -0.279. The molecular weight excluding hydrogens is 327 g/mol. The van der Waals surface area contributed by atoms with E-state index in [1.807, 2.05) is 11.8 Å². The van der Waals surface area contributed by atoms with Crippen LogP contribution in [0.25, 0.3) is 0 Å². The molecule has 0 bridgehead atoms. The van der Waals surface area contributed by atoms with Gasteiger partial charge < -0.3 is 10.6 Å². The van der Waals surface area contributed by atoms with Gasteiger partial charge in [0.25, 0.3) is 0 Å². The molecule has 2 heterocycles. The number of amides is 1. The maximum absolute atomic E-state index is 12.9. The van der Waals surface area contributed by atoms with Crippen molar-refractivity contribution in [3.63, 3.8) is 0 Å². The molecule has 2 aromatic rings. The SMILES string of the molecule is Cc1nc(N)sc1CN1CCN(C(=O)Cc2ccc(F)cc2)CC1. The van der Waals surface area contributed by atoms with Gasteiger partial charge in [-0.25, -0.2) is 9.37 Å². The van der Waals surface area contributed by atoms with E-state index in [1.54, 1.807) is 12.1 Å². The second kappa shape index (κ2) is 7.27. The van der Waals surface area contributed by atoms with E-state index in [0.717, 1.165) is 30.9 Å². The third-order valence-electron chi connectivity index (χ3n) is 4.27. The Balaban J connectivity index is 1.50. The first-order valence-electron chi connectivity index (χ1n) is 7.97. The monoisotopic (exact) mass is 348 g/mol. The molecule has 1 amide bonds. The van der Waals surface area contributed by atoms with Crippen LogP contribution in [0.2, 0.25) is 0 Å². The van der Waals surface area contributed by atoms with Crippen molar-refractivity contribution in [3.05, 3.63) is 46.2 Å². The lowest BCUT2D eigenvalue weighted by Crippen LogP contribution is -2.48. The van der Waals surface area contributed by atoms with E-state index in [1.165, 1.54) is 28.3 Å². The van der Waals surface area contributed by atoms with Crippen molar-refractivity contribution in [2.24, 2.45) is 0 Å². The minimum absolute atomic E-state index is 0.0967. The zero-order valence-corrected chi connectivity index (χ0v) is 14.5. The molecule has 1 aliphatic rings. The van der Waals surface area contributed by atoms with Crippen LogP contribution in [0, 0.1) is 12.7 Å². The van der Waals surface area contributed by atoms with Gasteiger partial charge in [0, 0.05) is 37.6 Å². The number of carbonyl (C=O) groups is 1. The van der Waals surface area contributed by atoms with Crippen molar-refractivity contribution in [2.75, 3.05) is 31.9 Å². The van der Waals surface area contributed by atoms with Gasteiger partial charge >= 0.3 is 0 Å². The number of nitrogens with zero attached hydrogens (tertiary/aromatic N) is 3. The maximum Gasteiger partial charge on any atom is 0.227 e. The van der Waals surface area contributed by atoms with Gasteiger partial charge in [-0.3, -0.25) is 9.69 Å². The molecular formula is C17H21FN4OS. The summed E-state index contributed by atoms with van der Waals surface area (Å²) < 4.78 is 12.9. The largest absolute Gasteiger partial charge is 0.375 e. The average Bonchev–Trinajstić information content (AvgIpc) is 2.88. The fourth-order valence-corrected chi connectivity index (χ4v) is 3.72. The normalized spacial score (nSPS) is 15.7. The van der Waals surface area contributed by atoms with Crippen LogP contribution >= 0.6 is 11.3 Å². The molecule has 1 aromatic heterocycles. The van der Waals surface area contributed by atoms with Crippen LogP contribution < -0.4 is 5.73 Å². The number of hydrogen-bond acceptors (Lipinski definition) is 5. The Hall–Kier alpha value is -1.99. The molecule has 0 spiro atoms. The number of hydrogen-bond donors (Lipinski definition) is 1. The van der Waals surface area contributed by atoms with Gasteiger partial charge in [0.1, 0.15) is 5.82 Å². The second-order valence-electron chi connectivity index (χ2n) is 6.02. The van der Waals surface area contributed by atoms with Crippen LogP contribution in [0.15, 0.2) is 24.3 Å². The summed E-state index contributed by atoms with van der Waals surface area (Å²) >= 11 is 1.53. The molecule has 0 saturated carbocycles. The van der Waals surface area contributed by atoms with Crippen molar-refractivity contribution in [1.29, 1.82) is 0 Å². The Morgan fingerprint density at radius 3 is 2.50 bits per heavy atom. The first-order chi connectivity index (χ1) is 11.5. The van der Waals surface area contributed by atoms with Crippen molar-refractivity contribution in [1.82, 2.24) is 14.8 Å². The molecule has 1 aliphatic heterocycles. The third kappa shape index (κ3) is 4.10. The number of nitrogen functional groups attached to an aromatic ring is 1. The van der Waals surface area contributed by atoms with Gasteiger partial charge in [0.05, 0.1) is 12.1 Å². The smallest absolute Gasteiger partial charge is 0.227 e. The molecule has 5 nitrogen and oxygen atoms in total. The van der Waals surface area contributed by atoms with Crippen LogP contribution in [0.5, 0.6) is 0 Å². The lowest BCUT2D eigenvalue weighted by Gasteiger charge is -2.34. The highest BCUT2D eigenvalue weighted by atomic mass is 32.1. The summed E-state index contributed by atoms with van der Waals surface area (Å²) in [6, 6.07) is 6.12. The summed E-state index contributed by atoms with van der Waals surface area (Å²) in [5.41, 5.74) is 7.58. The molecule has 24 heavy (non-hydrogen) atoms. The molecule has 3 rings (SSSR count). The number of anilines is 1. The van der Waals surface area contributed by atoms with Crippen LogP contribution in [0.3, 0.4) is 0 Å². The number of aryl methyl sites for hydroxylation is 1. The number of thiazole rings is 1. The van der Waals surface area contributed by atoms with E-state index in [0.29, 0.717) is 24.6 Å². The van der Waals surface area contributed by atoms with Crippen LogP contribution in [0.4, 0.5) is 9.52 Å². The fraction of sp³-hybridized carbons (Fsp3) is 0.412. The molecule has 1 fully saturated rings. The van der Waals surface area contributed by atoms with Crippen LogP contribution in [-0.4, -0.2) is 46.9 Å². The molecule has 0 radical (unpaired) electrons. The van der Waals surface area contributed by atoms with Crippen LogP contribution in [0.1, 0.15) is 16.1 Å². The molecule has 1 aromatic carbocycles. The van der Waals surface area contributed by atoms with Crippen molar-refractivity contribution in [2.45, 2.75) is 19.9 Å². The van der Waals surface area contributed by atoms with Crippen LogP contribution in [-0.2, 0) is 17.8 Å². The number of halogens is 1. The molecule has 7 heteroatoms. The highest BCUT2D eigenvalue weighted by molar-refractivity contribution is 7.15. The predicted molar refractivity (Wildman–Crippen MR) is 93.2 cm³/mol. The number of aromatic nitrogens is 1. The molecule has 0 atom stereocenters. The number of carbonyl (C=O) groups excluding carboxylic acids is 1. The summed E-state index contributed by atoms with van der Waals surface area (Å²) in [7, 11) is 0. The number of rotatable bonds is 4. The summed E-state index contributed by atoms with van der Waals surface area (Å²) in [6.07, 6.45) is 0.324. The molecule has 1 saturated heterocycles. The predicted octanol–water partition coefficient (Wildman–Crippen LogP) is 2.06. The highest BCUT2D eigenvalue weighted by Crippen LogP contribution is 2.22. The quantitative estimate of drug-likeness (QED) is 0.919. The van der Waals surface area contributed by atoms with E-state index in [9.17, 15) is 9.18 Å². The van der Waals surface area contributed by atoms with Gasteiger partial charge in [0.2, 0.25) is 5.91 Å². The van der Waals surface area contributed by atoms with E-state index in [-0.39, 0.29) is 11.7 Å². The number of nitrogens with two attached hydrogens (primary N) is 1. The third-order valence-corrected chi connectivity index (χ3v) is 5.24. The first-order valence-corrected chi connectivity index (χ1v) is 8.79. The molecule has 0 unspecified atom stereocenters. The van der Waals surface area contributed by atoms with Gasteiger partial charge in [-0.05, 0) is 24.6 Å². The Bertz CT molecular complexity index is 708. The lowest BCUT2D eigenvalue weighted by molar-refractivity contribution is -0.132. The molecule has 0 aliphatic carbocycles. The lowest BCUT2D eigenvalue weighted by atomic mass is 10.1. The average molecular weight is 348 g/mol. The van der Waals surface area contributed by atoms with Gasteiger partial charge in [-0.1, -0.05) is 12.1 Å². The standard InChI is InChI=1S/C17H21FN4OS/c1-12-15(24-17(19)20-12)11-21-6-8-22(9-7-21)16(23)10-13-2-4-14(18)5-3-13/h2-5H,6-11H2,1H3,(H2,19,20). The Morgan fingerprint density at radius 1 is 1.25 bits per heavy atom. The Labute approximate surface area is 144 Å². The number of benzene rings is 1. The summed E-state index contributed by atoms with van der Waals surface area (Å²) in [6.45, 7) is 5.92. The fourth-order valence-electron chi connectivity index (χ4n) is 2.84. The van der Waals surface area contributed by atoms with Gasteiger partial charge in [-0.2, -0.15) is 0 Å². The Morgan fingerprint density at radius 2 is 1.92 bits per heavy atom. The van der Waals surface area contributed by atoms with Crippen molar-refractivity contribution < 1.29 is 9.18 Å². The van der Waals surface area contributed by atoms with Gasteiger partial charge in [0.15, 0.2) is 5.13 Å². The molecule has 128 valence electrons. The summed E-state index contributed by atoms with van der Waals surface area (Å²) in [4.78, 5) is 22.0. The van der Waals surface area contributed by atoms with Gasteiger partial charge in [-0.15, -0.1) is 11.3 Å². The maximum atomic E-state index is 12.9. The Kier molecular flexibility index (Phi) is 5.11. The van der Waals surface area contributed by atoms with E-state index in [2.05, 4.69) is 9.88 Å². The summed E-state index contributed by atoms with van der Waals surface area (Å²) in [5.74, 6) is -0.182. The zero-order valence-electron chi connectivity index (χ0n) is 13.7. The van der Waals surface area contributed by atoms with E-state index in [4.69, 9.17) is 5.73 Å². The molecule has 2 N–H and O–H groups in total. The highest BCUT2D eigenvalue weighted by Gasteiger charge is 2.22. The van der Waals surface area contributed by atoms with E-state index >= 15 is 0 Å². The van der Waals surface area contributed by atoms with E-state index < -0.39 is 0 Å². The summed E-state index contributed by atoms with van der Waals surface area (Å²) in [5, 5.41) is 0.607. The van der Waals surface area contributed by atoms with Crippen molar-refractivity contribution in [3.8, 4) is 0 Å². The minimum Gasteiger partial charge on any atom is -0.375 e. The zero-order chi connectivity index (χ0) is 17.1.